The van der Waals surface area contributed by atoms with Crippen LogP contribution < -0.4 is 5.32 Å². The molecule has 1 aliphatic heterocycles. The summed E-state index contributed by atoms with van der Waals surface area (Å²) in [4.78, 5) is 47.4. The van der Waals surface area contributed by atoms with Gasteiger partial charge in [-0.05, 0) is 13.8 Å². The molecule has 0 spiro atoms. The van der Waals surface area contributed by atoms with E-state index in [0.29, 0.717) is 0 Å². The molecule has 1 fully saturated rings. The molecule has 0 aromatic rings. The molecule has 2 unspecified atom stereocenters. The molecule has 3 amide bonds. The van der Waals surface area contributed by atoms with Gasteiger partial charge in [0, 0.05) is 5.92 Å². The fourth-order valence-corrected chi connectivity index (χ4v) is 1.81. The number of imide groups is 1. The van der Waals surface area contributed by atoms with E-state index in [0.717, 1.165) is 4.90 Å². The van der Waals surface area contributed by atoms with Crippen molar-refractivity contribution in [3.05, 3.63) is 0 Å². The average Bonchev–Trinajstić information content (AvgIpc) is 2.31. The molecular formula is C12H18N2O5. The van der Waals surface area contributed by atoms with Crippen LogP contribution in [0, 0.1) is 11.8 Å². The Kier molecular flexibility index (Phi) is 3.97. The first-order chi connectivity index (χ1) is 8.59. The van der Waals surface area contributed by atoms with E-state index < -0.39 is 41.1 Å². The Hall–Kier alpha value is -1.92. The number of carbonyl (C=O) groups is 4. The van der Waals surface area contributed by atoms with Gasteiger partial charge in [0.1, 0.15) is 12.1 Å². The smallest absolute Gasteiger partial charge is 0.307 e. The first kappa shape index (κ1) is 15.1. The topological polar surface area (TPSA) is 104 Å². The number of carboxylic acid groups (broad SMARTS) is 1. The van der Waals surface area contributed by atoms with Gasteiger partial charge in [-0.25, -0.2) is 0 Å². The van der Waals surface area contributed by atoms with Crippen LogP contribution in [0.1, 0.15) is 27.7 Å². The van der Waals surface area contributed by atoms with Crippen LogP contribution >= 0.6 is 0 Å². The molecule has 1 rings (SSSR count). The second-order valence-electron chi connectivity index (χ2n) is 5.28. The fourth-order valence-electron chi connectivity index (χ4n) is 1.81. The van der Waals surface area contributed by atoms with E-state index in [-0.39, 0.29) is 6.54 Å². The van der Waals surface area contributed by atoms with Crippen molar-refractivity contribution in [1.82, 2.24) is 10.2 Å². The maximum atomic E-state index is 12.3. The van der Waals surface area contributed by atoms with Gasteiger partial charge in [-0.1, -0.05) is 13.8 Å². The molecule has 0 radical (unpaired) electrons. The van der Waals surface area contributed by atoms with Crippen molar-refractivity contribution in [2.24, 2.45) is 11.8 Å². The van der Waals surface area contributed by atoms with Gasteiger partial charge in [0.2, 0.25) is 11.8 Å². The molecule has 0 aromatic heterocycles. The number of amides is 3. The molecule has 0 saturated carbocycles. The van der Waals surface area contributed by atoms with Crippen LogP contribution in [0.4, 0.5) is 0 Å². The van der Waals surface area contributed by atoms with Crippen molar-refractivity contribution in [1.29, 1.82) is 0 Å². The van der Waals surface area contributed by atoms with E-state index >= 15 is 0 Å². The zero-order valence-corrected chi connectivity index (χ0v) is 11.4. The third kappa shape index (κ3) is 2.74. The molecule has 7 nitrogen and oxygen atoms in total. The summed E-state index contributed by atoms with van der Waals surface area (Å²) in [6.45, 7) is 5.70. The van der Waals surface area contributed by atoms with Crippen molar-refractivity contribution in [3.8, 4) is 0 Å². The van der Waals surface area contributed by atoms with E-state index in [1.807, 2.05) is 0 Å². The number of carbonyl (C=O) groups excluding carboxylic acids is 3. The highest BCUT2D eigenvalue weighted by Crippen LogP contribution is 2.23. The Morgan fingerprint density at radius 3 is 2.26 bits per heavy atom. The summed E-state index contributed by atoms with van der Waals surface area (Å²) >= 11 is 0. The molecule has 7 heteroatoms. The number of hydrogen-bond acceptors (Lipinski definition) is 4. The lowest BCUT2D eigenvalue weighted by Gasteiger charge is -2.41. The largest absolute Gasteiger partial charge is 0.481 e. The number of piperazine rings is 1. The molecule has 0 bridgehead atoms. The van der Waals surface area contributed by atoms with Crippen molar-refractivity contribution >= 4 is 23.7 Å². The monoisotopic (exact) mass is 270 g/mol. The van der Waals surface area contributed by atoms with Crippen LogP contribution in [-0.2, 0) is 19.2 Å². The zero-order valence-electron chi connectivity index (χ0n) is 11.4. The summed E-state index contributed by atoms with van der Waals surface area (Å²) in [6, 6.07) is 0. The van der Waals surface area contributed by atoms with Crippen molar-refractivity contribution in [2.45, 2.75) is 33.2 Å². The van der Waals surface area contributed by atoms with Crippen LogP contribution in [0.2, 0.25) is 0 Å². The van der Waals surface area contributed by atoms with Gasteiger partial charge in [0.05, 0.1) is 5.92 Å². The predicted octanol–water partition coefficient (Wildman–Crippen LogP) is -0.393. The van der Waals surface area contributed by atoms with E-state index in [9.17, 15) is 19.2 Å². The van der Waals surface area contributed by atoms with E-state index in [1.54, 1.807) is 0 Å². The molecule has 1 saturated heterocycles. The summed E-state index contributed by atoms with van der Waals surface area (Å²) in [5.74, 6) is -4.42. The highest BCUT2D eigenvalue weighted by Gasteiger charge is 2.45. The lowest BCUT2D eigenvalue weighted by Crippen LogP contribution is -2.66. The fraction of sp³-hybridized carbons (Fsp3) is 0.667. The maximum Gasteiger partial charge on any atom is 0.307 e. The second-order valence-corrected chi connectivity index (χ2v) is 5.28. The minimum atomic E-state index is -1.17. The Labute approximate surface area is 110 Å². The van der Waals surface area contributed by atoms with Gasteiger partial charge in [0.25, 0.3) is 5.91 Å². The van der Waals surface area contributed by atoms with E-state index in [4.69, 9.17) is 5.11 Å². The number of hydrogen-bond donors (Lipinski definition) is 2. The highest BCUT2D eigenvalue weighted by molar-refractivity contribution is 6.06. The van der Waals surface area contributed by atoms with Crippen LogP contribution in [0.25, 0.3) is 0 Å². The van der Waals surface area contributed by atoms with Gasteiger partial charge in [-0.3, -0.25) is 24.5 Å². The Morgan fingerprint density at radius 2 is 1.79 bits per heavy atom. The summed E-state index contributed by atoms with van der Waals surface area (Å²) < 4.78 is 0. The molecule has 0 aliphatic carbocycles. The lowest BCUT2D eigenvalue weighted by atomic mass is 9.90. The van der Waals surface area contributed by atoms with Crippen molar-refractivity contribution in [3.63, 3.8) is 0 Å². The Balaban J connectivity index is 2.99. The van der Waals surface area contributed by atoms with Gasteiger partial charge in [0.15, 0.2) is 0 Å². The Morgan fingerprint density at radius 1 is 1.26 bits per heavy atom. The molecule has 1 aliphatic rings. The molecule has 106 valence electrons. The summed E-state index contributed by atoms with van der Waals surface area (Å²) in [5.41, 5.74) is -1.17. The molecule has 2 N–H and O–H groups in total. The quantitative estimate of drug-likeness (QED) is 0.679. The minimum Gasteiger partial charge on any atom is -0.481 e. The van der Waals surface area contributed by atoms with Crippen LogP contribution in [0.3, 0.4) is 0 Å². The number of rotatable bonds is 3. The SMILES string of the molecule is CC(C(=O)O)C(C)C(=O)N1CC(=O)NC(=O)C1(C)C. The van der Waals surface area contributed by atoms with Crippen molar-refractivity contribution < 1.29 is 24.3 Å². The number of nitrogens with zero attached hydrogens (tertiary/aromatic N) is 1. The first-order valence-electron chi connectivity index (χ1n) is 5.97. The average molecular weight is 270 g/mol. The maximum absolute atomic E-state index is 12.3. The minimum absolute atomic E-state index is 0.242. The lowest BCUT2D eigenvalue weighted by molar-refractivity contribution is -0.160. The molecular weight excluding hydrogens is 252 g/mol. The van der Waals surface area contributed by atoms with Crippen LogP contribution in [0.5, 0.6) is 0 Å². The molecule has 1 heterocycles. The normalized spacial score (nSPS) is 21.6. The predicted molar refractivity (Wildman–Crippen MR) is 64.9 cm³/mol. The van der Waals surface area contributed by atoms with Crippen molar-refractivity contribution in [2.75, 3.05) is 6.54 Å². The number of nitrogens with one attached hydrogen (secondary N) is 1. The third-order valence-corrected chi connectivity index (χ3v) is 3.58. The Bertz CT molecular complexity index is 443. The number of carboxylic acids is 1. The summed E-state index contributed by atoms with van der Waals surface area (Å²) in [6.07, 6.45) is 0. The zero-order chi connectivity index (χ0) is 15.0. The second kappa shape index (κ2) is 4.99. The van der Waals surface area contributed by atoms with Crippen LogP contribution in [0.15, 0.2) is 0 Å². The standard InChI is InChI=1S/C12H18N2O5/c1-6(7(2)10(17)18)9(16)14-5-8(15)13-11(19)12(14,3)4/h6-7H,5H2,1-4H3,(H,17,18)(H,13,15,19). The highest BCUT2D eigenvalue weighted by atomic mass is 16.4. The molecule has 19 heavy (non-hydrogen) atoms. The molecule has 2 atom stereocenters. The summed E-state index contributed by atoms with van der Waals surface area (Å²) in [5, 5.41) is 11.1. The number of aliphatic carboxylic acids is 1. The van der Waals surface area contributed by atoms with Crippen LogP contribution in [-0.4, -0.2) is 45.8 Å². The van der Waals surface area contributed by atoms with Gasteiger partial charge < -0.3 is 10.0 Å². The first-order valence-corrected chi connectivity index (χ1v) is 5.97. The third-order valence-electron chi connectivity index (χ3n) is 3.58. The van der Waals surface area contributed by atoms with Gasteiger partial charge >= 0.3 is 5.97 Å². The van der Waals surface area contributed by atoms with E-state index in [1.165, 1.54) is 27.7 Å². The van der Waals surface area contributed by atoms with Gasteiger partial charge in [-0.2, -0.15) is 0 Å². The summed E-state index contributed by atoms with van der Waals surface area (Å²) in [7, 11) is 0. The molecule has 0 aromatic carbocycles. The van der Waals surface area contributed by atoms with E-state index in [2.05, 4.69) is 5.32 Å². The van der Waals surface area contributed by atoms with Gasteiger partial charge in [-0.15, -0.1) is 0 Å².